The first-order valence-corrected chi connectivity index (χ1v) is 12.2. The van der Waals surface area contributed by atoms with Gasteiger partial charge in [0.2, 0.25) is 11.8 Å². The molecule has 0 aliphatic carbocycles. The van der Waals surface area contributed by atoms with Gasteiger partial charge in [0, 0.05) is 45.4 Å². The maximum absolute atomic E-state index is 11.7. The van der Waals surface area contributed by atoms with Gasteiger partial charge in [0.25, 0.3) is 0 Å². The van der Waals surface area contributed by atoms with Crippen molar-refractivity contribution < 1.29 is 23.9 Å². The Bertz CT molecular complexity index is 931. The van der Waals surface area contributed by atoms with E-state index >= 15 is 0 Å². The standard InChI is InChI=1S/C14H26N6O3.C9H15N3O2/c1-12-10-20(18-17-12)7-9-23-8-6-16-13(21)11-19(3)14(22)4-5-15-2;1-8-7-12(11-10-8)4-6-14-5-3-9(2)13/h10,15H,4-9,11H2,1-3H3,(H,16,21);7H,3-6H2,1-2H3. The van der Waals surface area contributed by atoms with E-state index in [1.807, 2.05) is 26.2 Å². The molecule has 0 radical (unpaired) electrons. The minimum Gasteiger partial charge on any atom is -0.379 e. The number of likely N-dealkylation sites (N-methyl/N-ethyl adjacent to an activating group) is 1. The van der Waals surface area contributed by atoms with Crippen molar-refractivity contribution in [2.75, 3.05) is 60.2 Å². The monoisotopic (exact) mass is 523 g/mol. The van der Waals surface area contributed by atoms with Gasteiger partial charge < -0.3 is 25.0 Å². The Morgan fingerprint density at radius 1 is 0.892 bits per heavy atom. The molecule has 14 nitrogen and oxygen atoms in total. The third kappa shape index (κ3) is 16.2. The van der Waals surface area contributed by atoms with E-state index in [-0.39, 0.29) is 24.1 Å². The van der Waals surface area contributed by atoms with E-state index in [2.05, 4.69) is 31.3 Å². The van der Waals surface area contributed by atoms with Crippen LogP contribution in [0, 0.1) is 13.8 Å². The zero-order chi connectivity index (χ0) is 27.5. The number of carbonyl (C=O) groups is 3. The minimum absolute atomic E-state index is 0.0563. The van der Waals surface area contributed by atoms with Crippen LogP contribution in [0.25, 0.3) is 0 Å². The summed E-state index contributed by atoms with van der Waals surface area (Å²) in [5.74, 6) is -0.101. The van der Waals surface area contributed by atoms with Gasteiger partial charge in [-0.25, -0.2) is 9.36 Å². The van der Waals surface area contributed by atoms with Crippen molar-refractivity contribution in [1.82, 2.24) is 45.5 Å². The lowest BCUT2D eigenvalue weighted by atomic mass is 10.3. The maximum atomic E-state index is 11.7. The normalized spacial score (nSPS) is 10.5. The zero-order valence-electron chi connectivity index (χ0n) is 22.6. The van der Waals surface area contributed by atoms with Gasteiger partial charge in [-0.1, -0.05) is 10.4 Å². The molecule has 2 aromatic rings. The van der Waals surface area contributed by atoms with Crippen LogP contribution in [0.15, 0.2) is 12.4 Å². The number of nitrogens with zero attached hydrogens (tertiary/aromatic N) is 7. The lowest BCUT2D eigenvalue weighted by Gasteiger charge is -2.16. The van der Waals surface area contributed by atoms with Gasteiger partial charge in [0.05, 0.1) is 57.4 Å². The van der Waals surface area contributed by atoms with E-state index in [9.17, 15) is 14.4 Å². The Morgan fingerprint density at radius 2 is 1.46 bits per heavy atom. The molecule has 0 atom stereocenters. The third-order valence-corrected chi connectivity index (χ3v) is 4.80. The number of Topliss-reactive ketones (excluding diaryl/α,β-unsaturated/α-hetero) is 1. The van der Waals surface area contributed by atoms with Crippen LogP contribution < -0.4 is 10.6 Å². The van der Waals surface area contributed by atoms with Crippen LogP contribution in [0.1, 0.15) is 31.2 Å². The summed E-state index contributed by atoms with van der Waals surface area (Å²) in [5, 5.41) is 21.1. The fourth-order valence-electron chi connectivity index (χ4n) is 2.79. The second-order valence-electron chi connectivity index (χ2n) is 8.38. The first-order chi connectivity index (χ1) is 17.7. The van der Waals surface area contributed by atoms with E-state index < -0.39 is 0 Å². The van der Waals surface area contributed by atoms with E-state index in [1.165, 1.54) is 4.90 Å². The Morgan fingerprint density at radius 3 is 1.95 bits per heavy atom. The molecule has 2 aromatic heterocycles. The van der Waals surface area contributed by atoms with E-state index in [4.69, 9.17) is 9.47 Å². The number of ketones is 1. The molecule has 0 bridgehead atoms. The minimum atomic E-state index is -0.194. The summed E-state index contributed by atoms with van der Waals surface area (Å²) in [6.45, 7) is 9.66. The number of amides is 2. The number of nitrogens with one attached hydrogen (secondary N) is 2. The predicted octanol–water partition coefficient (Wildman–Crippen LogP) is -0.631. The van der Waals surface area contributed by atoms with Crippen molar-refractivity contribution in [3.63, 3.8) is 0 Å². The SMILES string of the molecule is CC(=O)CCOCCn1cc(C)nn1.CNCCC(=O)N(C)CC(=O)NCCOCCn1cc(C)nn1. The topological polar surface area (TPSA) is 158 Å². The summed E-state index contributed by atoms with van der Waals surface area (Å²) in [5.41, 5.74) is 1.76. The number of hydrogen-bond donors (Lipinski definition) is 2. The summed E-state index contributed by atoms with van der Waals surface area (Å²) in [7, 11) is 3.40. The summed E-state index contributed by atoms with van der Waals surface area (Å²) in [4.78, 5) is 35.3. The molecule has 0 fully saturated rings. The van der Waals surface area contributed by atoms with Crippen molar-refractivity contribution in [3.8, 4) is 0 Å². The second kappa shape index (κ2) is 19.0. The van der Waals surface area contributed by atoms with Gasteiger partial charge in [-0.05, 0) is 27.8 Å². The molecule has 2 rings (SSSR count). The zero-order valence-corrected chi connectivity index (χ0v) is 22.6. The summed E-state index contributed by atoms with van der Waals surface area (Å²) >= 11 is 0. The van der Waals surface area contributed by atoms with E-state index in [1.54, 1.807) is 30.4 Å². The molecule has 2 heterocycles. The highest BCUT2D eigenvalue weighted by atomic mass is 16.5. The third-order valence-electron chi connectivity index (χ3n) is 4.80. The van der Waals surface area contributed by atoms with Crippen molar-refractivity contribution >= 4 is 17.6 Å². The van der Waals surface area contributed by atoms with Crippen LogP contribution in [0.2, 0.25) is 0 Å². The number of carbonyl (C=O) groups excluding carboxylic acids is 3. The van der Waals surface area contributed by atoms with Crippen LogP contribution in [-0.4, -0.2) is 113 Å². The van der Waals surface area contributed by atoms with Gasteiger partial charge in [-0.3, -0.25) is 14.4 Å². The van der Waals surface area contributed by atoms with Gasteiger partial charge in [0.15, 0.2) is 0 Å². The fraction of sp³-hybridized carbons (Fsp3) is 0.696. The largest absolute Gasteiger partial charge is 0.379 e. The molecule has 14 heteroatoms. The second-order valence-corrected chi connectivity index (χ2v) is 8.38. The van der Waals surface area contributed by atoms with Gasteiger partial charge in [-0.2, -0.15) is 0 Å². The predicted molar refractivity (Wildman–Crippen MR) is 136 cm³/mol. The fourth-order valence-corrected chi connectivity index (χ4v) is 2.79. The van der Waals surface area contributed by atoms with Crippen molar-refractivity contribution in [3.05, 3.63) is 23.8 Å². The number of aromatic nitrogens is 6. The highest BCUT2D eigenvalue weighted by molar-refractivity contribution is 5.84. The Kier molecular flexibility index (Phi) is 16.3. The van der Waals surface area contributed by atoms with E-state index in [0.29, 0.717) is 65.4 Å². The molecular formula is C23H41N9O5. The Balaban J connectivity index is 0.000000417. The average molecular weight is 524 g/mol. The Hall–Kier alpha value is -3.23. The van der Waals surface area contributed by atoms with Crippen LogP contribution in [-0.2, 0) is 36.9 Å². The summed E-state index contributed by atoms with van der Waals surface area (Å²) in [6.07, 6.45) is 4.56. The molecular weight excluding hydrogens is 482 g/mol. The number of hydrogen-bond acceptors (Lipinski definition) is 10. The number of rotatable bonds is 17. The summed E-state index contributed by atoms with van der Waals surface area (Å²) in [6, 6.07) is 0. The molecule has 0 spiro atoms. The molecule has 0 saturated heterocycles. The van der Waals surface area contributed by atoms with Crippen molar-refractivity contribution in [1.29, 1.82) is 0 Å². The van der Waals surface area contributed by atoms with Crippen LogP contribution in [0.5, 0.6) is 0 Å². The summed E-state index contributed by atoms with van der Waals surface area (Å²) < 4.78 is 14.1. The first kappa shape index (κ1) is 31.8. The molecule has 0 saturated carbocycles. The molecule has 0 unspecified atom stereocenters. The van der Waals surface area contributed by atoms with Gasteiger partial charge >= 0.3 is 0 Å². The lowest BCUT2D eigenvalue weighted by molar-refractivity contribution is -0.134. The van der Waals surface area contributed by atoms with Crippen LogP contribution in [0.4, 0.5) is 0 Å². The van der Waals surface area contributed by atoms with Crippen molar-refractivity contribution in [2.45, 2.75) is 46.7 Å². The molecule has 37 heavy (non-hydrogen) atoms. The molecule has 208 valence electrons. The number of ether oxygens (including phenoxy) is 2. The quantitative estimate of drug-likeness (QED) is 0.256. The lowest BCUT2D eigenvalue weighted by Crippen LogP contribution is -2.40. The van der Waals surface area contributed by atoms with Crippen molar-refractivity contribution in [2.24, 2.45) is 0 Å². The van der Waals surface area contributed by atoms with Crippen LogP contribution in [0.3, 0.4) is 0 Å². The molecule has 2 N–H and O–H groups in total. The van der Waals surface area contributed by atoms with Crippen LogP contribution >= 0.6 is 0 Å². The smallest absolute Gasteiger partial charge is 0.239 e. The first-order valence-electron chi connectivity index (χ1n) is 12.2. The molecule has 0 aliphatic rings. The highest BCUT2D eigenvalue weighted by Gasteiger charge is 2.11. The van der Waals surface area contributed by atoms with E-state index in [0.717, 1.165) is 11.4 Å². The Labute approximate surface area is 218 Å². The maximum Gasteiger partial charge on any atom is 0.239 e. The molecule has 0 aliphatic heterocycles. The molecule has 2 amide bonds. The van der Waals surface area contributed by atoms with Gasteiger partial charge in [0.1, 0.15) is 5.78 Å². The average Bonchev–Trinajstić information content (AvgIpc) is 3.46. The highest BCUT2D eigenvalue weighted by Crippen LogP contribution is 1.92. The van der Waals surface area contributed by atoms with Gasteiger partial charge in [-0.15, -0.1) is 10.2 Å². The number of aryl methyl sites for hydroxylation is 2. The molecule has 0 aromatic carbocycles.